The van der Waals surface area contributed by atoms with E-state index in [0.717, 1.165) is 0 Å². The van der Waals surface area contributed by atoms with Crippen molar-refractivity contribution in [2.45, 2.75) is 30.0 Å². The predicted molar refractivity (Wildman–Crippen MR) is 73.7 cm³/mol. The zero-order chi connectivity index (χ0) is 13.7. The van der Waals surface area contributed by atoms with Crippen molar-refractivity contribution in [3.8, 4) is 0 Å². The van der Waals surface area contributed by atoms with Crippen LogP contribution in [0, 0.1) is 6.92 Å². The molecule has 1 unspecified atom stereocenters. The first kappa shape index (κ1) is 14.0. The lowest BCUT2D eigenvalue weighted by Gasteiger charge is -2.02. The Balaban J connectivity index is 1.95. The highest BCUT2D eigenvalue weighted by atomic mass is 32.2. The summed E-state index contributed by atoms with van der Waals surface area (Å²) in [6.45, 7) is 2.08. The van der Waals surface area contributed by atoms with Crippen molar-refractivity contribution >= 4 is 11.8 Å². The molecule has 0 fully saturated rings. The number of nitrogens with two attached hydrogens (primary N) is 1. The molecule has 0 bridgehead atoms. The van der Waals surface area contributed by atoms with Gasteiger partial charge >= 0.3 is 0 Å². The fraction of sp³-hybridized carbons (Fsp3) is 0.385. The third-order valence-corrected chi connectivity index (χ3v) is 3.86. The van der Waals surface area contributed by atoms with Crippen LogP contribution in [-0.2, 0) is 5.75 Å². The van der Waals surface area contributed by atoms with Gasteiger partial charge in [-0.05, 0) is 25.0 Å². The first-order valence-electron chi connectivity index (χ1n) is 6.08. The van der Waals surface area contributed by atoms with Gasteiger partial charge in [0.25, 0.3) is 0 Å². The molecule has 2 rings (SSSR count). The zero-order valence-electron chi connectivity index (χ0n) is 10.7. The minimum absolute atomic E-state index is 0.0108. The van der Waals surface area contributed by atoms with Gasteiger partial charge in [0.2, 0.25) is 5.89 Å². The number of aliphatic hydroxyl groups is 1. The molecule has 0 saturated carbocycles. The summed E-state index contributed by atoms with van der Waals surface area (Å²) in [6.07, 6.45) is 0.423. The van der Waals surface area contributed by atoms with Crippen molar-refractivity contribution in [2.75, 3.05) is 6.61 Å². The number of rotatable bonds is 6. The zero-order valence-corrected chi connectivity index (χ0v) is 11.6. The van der Waals surface area contributed by atoms with Crippen LogP contribution >= 0.6 is 11.8 Å². The smallest absolute Gasteiger partial charge is 0.243 e. The van der Waals surface area contributed by atoms with Crippen LogP contribution in [0.1, 0.15) is 29.7 Å². The normalized spacial score (nSPS) is 12.6. The fourth-order valence-corrected chi connectivity index (χ4v) is 2.47. The number of aromatic nitrogens is 2. The third-order valence-electron chi connectivity index (χ3n) is 2.69. The lowest BCUT2D eigenvalue weighted by Crippen LogP contribution is -2.12. The maximum atomic E-state index is 8.81. The number of hydrogen-bond donors (Lipinski definition) is 2. The maximum absolute atomic E-state index is 8.81. The number of nitrogens with zero attached hydrogens (tertiary/aromatic N) is 2. The molecule has 1 heterocycles. The Hall–Kier alpha value is -1.37. The lowest BCUT2D eigenvalue weighted by atomic mass is 10.2. The summed E-state index contributed by atoms with van der Waals surface area (Å²) in [5.41, 5.74) is 7.02. The van der Waals surface area contributed by atoms with Crippen molar-refractivity contribution in [1.82, 2.24) is 10.1 Å². The van der Waals surface area contributed by atoms with Gasteiger partial charge in [0, 0.05) is 11.5 Å². The van der Waals surface area contributed by atoms with E-state index in [1.54, 1.807) is 11.8 Å². The standard InChI is InChI=1S/C13H17N3O2S/c1-9-4-2-3-5-11(9)19-8-12-15-13(18-16-12)10(14)6-7-17/h2-5,10,17H,6-8,14H2,1H3. The van der Waals surface area contributed by atoms with Crippen molar-refractivity contribution in [2.24, 2.45) is 5.73 Å². The van der Waals surface area contributed by atoms with Crippen molar-refractivity contribution in [3.05, 3.63) is 41.5 Å². The van der Waals surface area contributed by atoms with Crippen molar-refractivity contribution in [1.29, 1.82) is 0 Å². The quantitative estimate of drug-likeness (QED) is 0.787. The van der Waals surface area contributed by atoms with Crippen molar-refractivity contribution in [3.63, 3.8) is 0 Å². The molecule has 1 aromatic carbocycles. The minimum atomic E-state index is -0.394. The minimum Gasteiger partial charge on any atom is -0.396 e. The number of aliphatic hydroxyl groups excluding tert-OH is 1. The third kappa shape index (κ3) is 3.79. The van der Waals surface area contributed by atoms with E-state index in [1.807, 2.05) is 12.1 Å². The van der Waals surface area contributed by atoms with Crippen LogP contribution in [0.15, 0.2) is 33.7 Å². The van der Waals surface area contributed by atoms with Gasteiger partial charge in [0.1, 0.15) is 0 Å². The van der Waals surface area contributed by atoms with Gasteiger partial charge in [0.15, 0.2) is 5.82 Å². The maximum Gasteiger partial charge on any atom is 0.243 e. The molecule has 102 valence electrons. The summed E-state index contributed by atoms with van der Waals surface area (Å²) in [7, 11) is 0. The molecule has 19 heavy (non-hydrogen) atoms. The molecule has 3 N–H and O–H groups in total. The molecule has 1 atom stereocenters. The Morgan fingerprint density at radius 2 is 2.21 bits per heavy atom. The summed E-state index contributed by atoms with van der Waals surface area (Å²) >= 11 is 1.66. The molecular formula is C13H17N3O2S. The summed E-state index contributed by atoms with van der Waals surface area (Å²) in [6, 6.07) is 7.77. The van der Waals surface area contributed by atoms with Crippen LogP contribution in [-0.4, -0.2) is 21.9 Å². The van der Waals surface area contributed by atoms with E-state index in [1.165, 1.54) is 10.5 Å². The topological polar surface area (TPSA) is 85.2 Å². The Kier molecular flexibility index (Phi) is 4.95. The average molecular weight is 279 g/mol. The SMILES string of the molecule is Cc1ccccc1SCc1noc(C(N)CCO)n1. The van der Waals surface area contributed by atoms with Crippen LogP contribution in [0.25, 0.3) is 0 Å². The van der Waals surface area contributed by atoms with Gasteiger partial charge < -0.3 is 15.4 Å². The van der Waals surface area contributed by atoms with E-state index in [9.17, 15) is 0 Å². The molecular weight excluding hydrogens is 262 g/mol. The summed E-state index contributed by atoms with van der Waals surface area (Å²) in [4.78, 5) is 5.44. The monoisotopic (exact) mass is 279 g/mol. The molecule has 0 amide bonds. The number of benzene rings is 1. The van der Waals surface area contributed by atoms with E-state index in [0.29, 0.717) is 23.9 Å². The van der Waals surface area contributed by atoms with Gasteiger partial charge in [-0.2, -0.15) is 4.98 Å². The first-order valence-corrected chi connectivity index (χ1v) is 7.06. The highest BCUT2D eigenvalue weighted by Crippen LogP contribution is 2.25. The van der Waals surface area contributed by atoms with E-state index in [-0.39, 0.29) is 6.61 Å². The van der Waals surface area contributed by atoms with Crippen LogP contribution < -0.4 is 5.73 Å². The number of thioether (sulfide) groups is 1. The van der Waals surface area contributed by atoms with Crippen LogP contribution in [0.4, 0.5) is 0 Å². The van der Waals surface area contributed by atoms with Gasteiger partial charge in [-0.15, -0.1) is 11.8 Å². The largest absolute Gasteiger partial charge is 0.396 e. The molecule has 0 aliphatic rings. The molecule has 0 aliphatic carbocycles. The van der Waals surface area contributed by atoms with Crippen LogP contribution in [0.2, 0.25) is 0 Å². The van der Waals surface area contributed by atoms with Gasteiger partial charge in [-0.25, -0.2) is 0 Å². The molecule has 0 radical (unpaired) electrons. The molecule has 1 aromatic heterocycles. The van der Waals surface area contributed by atoms with E-state index < -0.39 is 6.04 Å². The lowest BCUT2D eigenvalue weighted by molar-refractivity contribution is 0.259. The first-order chi connectivity index (χ1) is 9.20. The predicted octanol–water partition coefficient (Wildman–Crippen LogP) is 2.05. The van der Waals surface area contributed by atoms with E-state index in [2.05, 4.69) is 29.2 Å². The number of hydrogen-bond acceptors (Lipinski definition) is 6. The molecule has 6 heteroatoms. The summed E-state index contributed by atoms with van der Waals surface area (Å²) in [5.74, 6) is 1.64. The van der Waals surface area contributed by atoms with Crippen molar-refractivity contribution < 1.29 is 9.63 Å². The van der Waals surface area contributed by atoms with Gasteiger partial charge in [0.05, 0.1) is 11.8 Å². The highest BCUT2D eigenvalue weighted by Gasteiger charge is 2.14. The molecule has 5 nitrogen and oxygen atoms in total. The van der Waals surface area contributed by atoms with Crippen LogP contribution in [0.5, 0.6) is 0 Å². The molecule has 0 aliphatic heterocycles. The number of aryl methyl sites for hydroxylation is 1. The second-order valence-corrected chi connectivity index (χ2v) is 5.24. The van der Waals surface area contributed by atoms with E-state index in [4.69, 9.17) is 15.4 Å². The second-order valence-electron chi connectivity index (χ2n) is 4.22. The average Bonchev–Trinajstić information content (AvgIpc) is 2.87. The van der Waals surface area contributed by atoms with Gasteiger partial charge in [-0.1, -0.05) is 23.4 Å². The Morgan fingerprint density at radius 1 is 1.42 bits per heavy atom. The van der Waals surface area contributed by atoms with Crippen LogP contribution in [0.3, 0.4) is 0 Å². The second kappa shape index (κ2) is 6.70. The Morgan fingerprint density at radius 3 is 2.95 bits per heavy atom. The molecule has 2 aromatic rings. The Labute approximate surface area is 116 Å². The fourth-order valence-electron chi connectivity index (χ4n) is 1.60. The van der Waals surface area contributed by atoms with Gasteiger partial charge in [-0.3, -0.25) is 0 Å². The highest BCUT2D eigenvalue weighted by molar-refractivity contribution is 7.98. The summed E-state index contributed by atoms with van der Waals surface area (Å²) < 4.78 is 5.09. The molecule has 0 spiro atoms. The summed E-state index contributed by atoms with van der Waals surface area (Å²) in [5, 5.41) is 12.7. The Bertz CT molecular complexity index is 530. The molecule has 0 saturated heterocycles. The van der Waals surface area contributed by atoms with E-state index >= 15 is 0 Å².